The molecule has 138 valence electrons. The highest BCUT2D eigenvalue weighted by atomic mass is 35.5. The number of ketones is 1. The highest BCUT2D eigenvalue weighted by Crippen LogP contribution is 2.40. The van der Waals surface area contributed by atoms with Gasteiger partial charge in [-0.1, -0.05) is 48.0 Å². The van der Waals surface area contributed by atoms with E-state index >= 15 is 0 Å². The first kappa shape index (κ1) is 18.9. The summed E-state index contributed by atoms with van der Waals surface area (Å²) in [6.45, 7) is 3.49. The lowest BCUT2D eigenvalue weighted by atomic mass is 9.79. The Kier molecular flexibility index (Phi) is 5.42. The largest absolute Gasteiger partial charge is 0.462 e. The van der Waals surface area contributed by atoms with Crippen LogP contribution in [-0.2, 0) is 19.1 Å². The predicted molar refractivity (Wildman–Crippen MR) is 101 cm³/mol. The van der Waals surface area contributed by atoms with Crippen molar-refractivity contribution in [2.75, 3.05) is 13.2 Å². The number of hydrogen-bond acceptors (Lipinski definition) is 5. The van der Waals surface area contributed by atoms with Crippen molar-refractivity contribution in [2.24, 2.45) is 0 Å². The number of carbonyl (C=O) groups excluding carboxylic acids is 3. The monoisotopic (exact) mass is 384 g/mol. The molecule has 2 aromatic carbocycles. The minimum absolute atomic E-state index is 0.0952. The smallest absolute Gasteiger partial charge is 0.346 e. The van der Waals surface area contributed by atoms with Gasteiger partial charge in [-0.05, 0) is 31.0 Å². The first-order valence-electron chi connectivity index (χ1n) is 8.52. The molecular formula is C21H17ClO5. The van der Waals surface area contributed by atoms with Crippen LogP contribution >= 0.6 is 11.6 Å². The Hall–Kier alpha value is -2.92. The molecule has 6 heteroatoms. The van der Waals surface area contributed by atoms with Gasteiger partial charge in [0.05, 0.1) is 18.2 Å². The number of fused-ring (bicyclic) bond motifs is 2. The van der Waals surface area contributed by atoms with Crippen LogP contribution in [-0.4, -0.2) is 30.9 Å². The van der Waals surface area contributed by atoms with Gasteiger partial charge in [0.2, 0.25) is 0 Å². The Bertz CT molecular complexity index is 954. The molecule has 0 aromatic heterocycles. The standard InChI is InChI=1S/C21H17ClO5/c1-3-26-20(24)18(21(25)27-4-2)16-12-8-5-6-9-13(12)19(23)17-14(16)10-7-11-15(17)22/h5-11H,3-4H2,1-2H3. The Labute approximate surface area is 161 Å². The maximum atomic E-state index is 12.9. The van der Waals surface area contributed by atoms with E-state index in [1.807, 2.05) is 0 Å². The van der Waals surface area contributed by atoms with Crippen LogP contribution < -0.4 is 0 Å². The summed E-state index contributed by atoms with van der Waals surface area (Å²) in [4.78, 5) is 38.2. The number of ether oxygens (including phenoxy) is 2. The van der Waals surface area contributed by atoms with Crippen molar-refractivity contribution < 1.29 is 23.9 Å². The maximum absolute atomic E-state index is 12.9. The molecule has 0 unspecified atom stereocenters. The number of hydrogen-bond donors (Lipinski definition) is 0. The predicted octanol–water partition coefficient (Wildman–Crippen LogP) is 3.81. The van der Waals surface area contributed by atoms with Crippen LogP contribution in [0.25, 0.3) is 5.57 Å². The van der Waals surface area contributed by atoms with Gasteiger partial charge in [0, 0.05) is 16.7 Å². The first-order valence-corrected chi connectivity index (χ1v) is 8.90. The summed E-state index contributed by atoms with van der Waals surface area (Å²) in [5.74, 6) is -1.87. The van der Waals surface area contributed by atoms with E-state index in [0.717, 1.165) is 0 Å². The van der Waals surface area contributed by atoms with Crippen molar-refractivity contribution in [3.05, 3.63) is 75.3 Å². The second-order valence-electron chi connectivity index (χ2n) is 5.73. The van der Waals surface area contributed by atoms with Crippen LogP contribution in [0.5, 0.6) is 0 Å². The van der Waals surface area contributed by atoms with E-state index in [9.17, 15) is 14.4 Å². The van der Waals surface area contributed by atoms with Gasteiger partial charge in [0.15, 0.2) is 11.4 Å². The third-order valence-corrected chi connectivity index (χ3v) is 4.48. The Morgan fingerprint density at radius 2 is 1.41 bits per heavy atom. The summed E-state index contributed by atoms with van der Waals surface area (Å²) >= 11 is 6.28. The molecule has 0 saturated carbocycles. The Morgan fingerprint density at radius 1 is 0.852 bits per heavy atom. The molecule has 0 saturated heterocycles. The minimum Gasteiger partial charge on any atom is -0.462 e. The van der Waals surface area contributed by atoms with Crippen LogP contribution in [0.1, 0.15) is 40.9 Å². The number of carbonyl (C=O) groups is 3. The number of rotatable bonds is 4. The molecule has 3 rings (SSSR count). The third kappa shape index (κ3) is 3.26. The number of benzene rings is 2. The molecule has 1 aliphatic carbocycles. The van der Waals surface area contributed by atoms with E-state index in [0.29, 0.717) is 22.3 Å². The average Bonchev–Trinajstić information content (AvgIpc) is 2.65. The summed E-state index contributed by atoms with van der Waals surface area (Å²) in [5, 5.41) is 0.247. The van der Waals surface area contributed by atoms with Gasteiger partial charge in [-0.2, -0.15) is 0 Å². The molecular weight excluding hydrogens is 368 g/mol. The topological polar surface area (TPSA) is 69.7 Å². The lowest BCUT2D eigenvalue weighted by molar-refractivity contribution is -0.146. The number of esters is 2. The maximum Gasteiger partial charge on any atom is 0.346 e. The molecule has 0 aliphatic heterocycles. The van der Waals surface area contributed by atoms with Crippen molar-refractivity contribution in [1.82, 2.24) is 0 Å². The third-order valence-electron chi connectivity index (χ3n) is 4.16. The molecule has 1 aliphatic rings. The summed E-state index contributed by atoms with van der Waals surface area (Å²) in [6.07, 6.45) is 0. The summed E-state index contributed by atoms with van der Waals surface area (Å²) in [6, 6.07) is 11.7. The molecule has 0 radical (unpaired) electrons. The molecule has 27 heavy (non-hydrogen) atoms. The van der Waals surface area contributed by atoms with Gasteiger partial charge in [0.25, 0.3) is 0 Å². The van der Waals surface area contributed by atoms with Crippen molar-refractivity contribution in [3.8, 4) is 0 Å². The van der Waals surface area contributed by atoms with Gasteiger partial charge in [-0.25, -0.2) is 9.59 Å². The van der Waals surface area contributed by atoms with Crippen LogP contribution in [0.2, 0.25) is 5.02 Å². The van der Waals surface area contributed by atoms with Crippen LogP contribution in [0, 0.1) is 0 Å². The van der Waals surface area contributed by atoms with Gasteiger partial charge < -0.3 is 9.47 Å². The second kappa shape index (κ2) is 7.76. The molecule has 0 fully saturated rings. The van der Waals surface area contributed by atoms with E-state index < -0.39 is 11.9 Å². The van der Waals surface area contributed by atoms with E-state index in [1.54, 1.807) is 56.3 Å². The summed E-state index contributed by atoms with van der Waals surface area (Å²) < 4.78 is 10.2. The first-order chi connectivity index (χ1) is 13.0. The van der Waals surface area contributed by atoms with E-state index in [1.165, 1.54) is 0 Å². The zero-order chi connectivity index (χ0) is 19.6. The molecule has 0 bridgehead atoms. The van der Waals surface area contributed by atoms with Gasteiger partial charge in [-0.3, -0.25) is 4.79 Å². The van der Waals surface area contributed by atoms with Crippen LogP contribution in [0.4, 0.5) is 0 Å². The van der Waals surface area contributed by atoms with Crippen LogP contribution in [0.15, 0.2) is 48.0 Å². The van der Waals surface area contributed by atoms with Crippen molar-refractivity contribution in [1.29, 1.82) is 0 Å². The number of halogens is 1. The molecule has 5 nitrogen and oxygen atoms in total. The van der Waals surface area contributed by atoms with E-state index in [-0.39, 0.29) is 35.2 Å². The van der Waals surface area contributed by atoms with Crippen molar-refractivity contribution in [2.45, 2.75) is 13.8 Å². The quantitative estimate of drug-likeness (QED) is 0.296. The average molecular weight is 385 g/mol. The SMILES string of the molecule is CCOC(=O)C(C(=O)OCC)=C1c2ccccc2C(=O)c2c(Cl)cccc21. The molecule has 0 spiro atoms. The highest BCUT2D eigenvalue weighted by molar-refractivity contribution is 6.37. The van der Waals surface area contributed by atoms with Gasteiger partial charge in [-0.15, -0.1) is 0 Å². The minimum atomic E-state index is -0.805. The van der Waals surface area contributed by atoms with Crippen LogP contribution in [0.3, 0.4) is 0 Å². The van der Waals surface area contributed by atoms with E-state index in [4.69, 9.17) is 21.1 Å². The molecule has 0 atom stereocenters. The Morgan fingerprint density at radius 3 is 2.00 bits per heavy atom. The zero-order valence-corrected chi connectivity index (χ0v) is 15.6. The van der Waals surface area contributed by atoms with Crippen molar-refractivity contribution in [3.63, 3.8) is 0 Å². The fraction of sp³-hybridized carbons (Fsp3) is 0.190. The molecule has 0 heterocycles. The van der Waals surface area contributed by atoms with E-state index in [2.05, 4.69) is 0 Å². The fourth-order valence-electron chi connectivity index (χ4n) is 3.11. The molecule has 2 aromatic rings. The Balaban J connectivity index is 2.42. The fourth-order valence-corrected chi connectivity index (χ4v) is 3.37. The zero-order valence-electron chi connectivity index (χ0n) is 14.9. The molecule has 0 N–H and O–H groups in total. The van der Waals surface area contributed by atoms with Gasteiger partial charge in [0.1, 0.15) is 0 Å². The van der Waals surface area contributed by atoms with Crippen molar-refractivity contribution >= 4 is 34.9 Å². The summed E-state index contributed by atoms with van der Waals surface area (Å²) in [7, 11) is 0. The van der Waals surface area contributed by atoms with Gasteiger partial charge >= 0.3 is 11.9 Å². The lowest BCUT2D eigenvalue weighted by Crippen LogP contribution is -2.24. The normalized spacial score (nSPS) is 12.1. The molecule has 0 amide bonds. The highest BCUT2D eigenvalue weighted by Gasteiger charge is 2.35. The second-order valence-corrected chi connectivity index (χ2v) is 6.14. The summed E-state index contributed by atoms with van der Waals surface area (Å²) in [5.41, 5.74) is 1.52. The lowest BCUT2D eigenvalue weighted by Gasteiger charge is -2.24.